The van der Waals surface area contributed by atoms with Crippen LogP contribution in [-0.2, 0) is 6.42 Å². The number of anilines is 1. The van der Waals surface area contributed by atoms with Crippen molar-refractivity contribution in [3.63, 3.8) is 0 Å². The highest BCUT2D eigenvalue weighted by Gasteiger charge is 2.06. The largest absolute Gasteiger partial charge is 0.384 e. The average Bonchev–Trinajstić information content (AvgIpc) is 2.28. The number of hydrogen-bond acceptors (Lipinski definition) is 5. The first kappa shape index (κ1) is 11.4. The van der Waals surface area contributed by atoms with Gasteiger partial charge in [0.2, 0.25) is 0 Å². The van der Waals surface area contributed by atoms with E-state index in [1.54, 1.807) is 18.3 Å². The van der Waals surface area contributed by atoms with E-state index < -0.39 is 0 Å². The van der Waals surface area contributed by atoms with E-state index in [-0.39, 0.29) is 0 Å². The lowest BCUT2D eigenvalue weighted by molar-refractivity contribution is 0.874. The molecule has 0 atom stereocenters. The van der Waals surface area contributed by atoms with Crippen LogP contribution in [0.4, 0.5) is 5.82 Å². The maximum Gasteiger partial charge on any atom is 0.180 e. The van der Waals surface area contributed by atoms with E-state index in [4.69, 9.17) is 5.73 Å². The van der Waals surface area contributed by atoms with Crippen molar-refractivity contribution in [3.05, 3.63) is 29.8 Å². The molecule has 2 aromatic heterocycles. The van der Waals surface area contributed by atoms with Gasteiger partial charge in [0.25, 0.3) is 0 Å². The lowest BCUT2D eigenvalue weighted by atomic mass is 10.2. The van der Waals surface area contributed by atoms with Crippen LogP contribution in [0.3, 0.4) is 0 Å². The Morgan fingerprint density at radius 2 is 2.06 bits per heavy atom. The summed E-state index contributed by atoms with van der Waals surface area (Å²) in [4.78, 5) is 17.0. The number of hydrogen-bond donors (Lipinski definition) is 1. The molecule has 0 unspecified atom stereocenters. The minimum Gasteiger partial charge on any atom is -0.384 e. The van der Waals surface area contributed by atoms with Crippen LogP contribution in [0.25, 0.3) is 11.5 Å². The number of aromatic nitrogens is 4. The van der Waals surface area contributed by atoms with Crippen molar-refractivity contribution in [3.8, 4) is 11.5 Å². The SMILES string of the molecule is CCCc1cc(N)nc(-c2ccnc(C)n2)n1. The van der Waals surface area contributed by atoms with Gasteiger partial charge in [-0.3, -0.25) is 0 Å². The Morgan fingerprint density at radius 1 is 1.24 bits per heavy atom. The molecule has 0 amide bonds. The van der Waals surface area contributed by atoms with E-state index in [1.807, 2.05) is 6.92 Å². The third-order valence-electron chi connectivity index (χ3n) is 2.31. The summed E-state index contributed by atoms with van der Waals surface area (Å²) in [7, 11) is 0. The monoisotopic (exact) mass is 229 g/mol. The molecule has 0 saturated heterocycles. The molecule has 5 nitrogen and oxygen atoms in total. The molecule has 5 heteroatoms. The highest BCUT2D eigenvalue weighted by atomic mass is 15.0. The van der Waals surface area contributed by atoms with E-state index in [9.17, 15) is 0 Å². The molecule has 0 aliphatic carbocycles. The van der Waals surface area contributed by atoms with Crippen LogP contribution in [0.5, 0.6) is 0 Å². The molecule has 2 aromatic rings. The predicted molar refractivity (Wildman–Crippen MR) is 66.2 cm³/mol. The van der Waals surface area contributed by atoms with Crippen molar-refractivity contribution in [2.45, 2.75) is 26.7 Å². The first-order chi connectivity index (χ1) is 8.19. The topological polar surface area (TPSA) is 77.6 Å². The molecule has 88 valence electrons. The fourth-order valence-electron chi connectivity index (χ4n) is 1.60. The molecule has 0 aromatic carbocycles. The lowest BCUT2D eigenvalue weighted by Gasteiger charge is -2.04. The van der Waals surface area contributed by atoms with Gasteiger partial charge < -0.3 is 5.73 Å². The van der Waals surface area contributed by atoms with Gasteiger partial charge in [0.05, 0.1) is 0 Å². The third kappa shape index (κ3) is 2.75. The van der Waals surface area contributed by atoms with Crippen LogP contribution in [-0.4, -0.2) is 19.9 Å². The highest BCUT2D eigenvalue weighted by molar-refractivity contribution is 5.51. The smallest absolute Gasteiger partial charge is 0.180 e. The van der Waals surface area contributed by atoms with Crippen molar-refractivity contribution in [1.29, 1.82) is 0 Å². The molecule has 17 heavy (non-hydrogen) atoms. The molecule has 0 fully saturated rings. The quantitative estimate of drug-likeness (QED) is 0.868. The molecule has 0 spiro atoms. The summed E-state index contributed by atoms with van der Waals surface area (Å²) in [6, 6.07) is 3.60. The molecular weight excluding hydrogens is 214 g/mol. The van der Waals surface area contributed by atoms with Crippen molar-refractivity contribution < 1.29 is 0 Å². The fraction of sp³-hybridized carbons (Fsp3) is 0.333. The Bertz CT molecular complexity index is 524. The molecule has 0 aliphatic heterocycles. The second-order valence-corrected chi connectivity index (χ2v) is 3.85. The summed E-state index contributed by atoms with van der Waals surface area (Å²) in [5.74, 6) is 1.75. The second-order valence-electron chi connectivity index (χ2n) is 3.85. The Labute approximate surface area is 100 Å². The van der Waals surface area contributed by atoms with Gasteiger partial charge in [-0.25, -0.2) is 19.9 Å². The van der Waals surface area contributed by atoms with Gasteiger partial charge in [-0.1, -0.05) is 13.3 Å². The number of nitrogens with zero attached hydrogens (tertiary/aromatic N) is 4. The van der Waals surface area contributed by atoms with Gasteiger partial charge in [0, 0.05) is 18.0 Å². The Morgan fingerprint density at radius 3 is 2.76 bits per heavy atom. The van der Waals surface area contributed by atoms with Gasteiger partial charge >= 0.3 is 0 Å². The maximum absolute atomic E-state index is 5.77. The van der Waals surface area contributed by atoms with Crippen LogP contribution in [0.15, 0.2) is 18.3 Å². The van der Waals surface area contributed by atoms with Crippen LogP contribution >= 0.6 is 0 Å². The second kappa shape index (κ2) is 4.86. The van der Waals surface area contributed by atoms with Crippen molar-refractivity contribution in [1.82, 2.24) is 19.9 Å². The number of rotatable bonds is 3. The van der Waals surface area contributed by atoms with Crippen molar-refractivity contribution >= 4 is 5.82 Å². The normalized spacial score (nSPS) is 10.5. The fourth-order valence-corrected chi connectivity index (χ4v) is 1.60. The zero-order valence-corrected chi connectivity index (χ0v) is 10.0. The zero-order valence-electron chi connectivity index (χ0n) is 10.0. The van der Waals surface area contributed by atoms with Gasteiger partial charge in [-0.2, -0.15) is 0 Å². The lowest BCUT2D eigenvalue weighted by Crippen LogP contribution is -2.02. The molecule has 0 radical (unpaired) electrons. The van der Waals surface area contributed by atoms with E-state index in [0.717, 1.165) is 18.5 Å². The Balaban J connectivity index is 2.44. The van der Waals surface area contributed by atoms with Gasteiger partial charge in [-0.05, 0) is 19.4 Å². The minimum absolute atomic E-state index is 0.481. The van der Waals surface area contributed by atoms with E-state index >= 15 is 0 Å². The molecule has 2 rings (SSSR count). The maximum atomic E-state index is 5.77. The minimum atomic E-state index is 0.481. The summed E-state index contributed by atoms with van der Waals surface area (Å²) >= 11 is 0. The standard InChI is InChI=1S/C12H15N5/c1-3-4-9-7-11(13)17-12(16-9)10-5-6-14-8(2)15-10/h5-7H,3-4H2,1-2H3,(H2,13,16,17). The zero-order chi connectivity index (χ0) is 12.3. The first-order valence-electron chi connectivity index (χ1n) is 5.62. The van der Waals surface area contributed by atoms with Gasteiger partial charge in [0.1, 0.15) is 17.3 Å². The van der Waals surface area contributed by atoms with Crippen LogP contribution in [0.1, 0.15) is 24.9 Å². The highest BCUT2D eigenvalue weighted by Crippen LogP contribution is 2.14. The average molecular weight is 229 g/mol. The van der Waals surface area contributed by atoms with E-state index in [0.29, 0.717) is 23.2 Å². The van der Waals surface area contributed by atoms with Crippen LogP contribution in [0, 0.1) is 6.92 Å². The van der Waals surface area contributed by atoms with Crippen LogP contribution in [0.2, 0.25) is 0 Å². The summed E-state index contributed by atoms with van der Waals surface area (Å²) in [6.45, 7) is 3.94. The summed E-state index contributed by atoms with van der Waals surface area (Å²) in [5, 5.41) is 0. The molecule has 2 N–H and O–H groups in total. The number of aryl methyl sites for hydroxylation is 2. The van der Waals surface area contributed by atoms with E-state index in [1.165, 1.54) is 0 Å². The number of nitrogen functional groups attached to an aromatic ring is 1. The molecular formula is C12H15N5. The number of nitrogens with two attached hydrogens (primary N) is 1. The summed E-state index contributed by atoms with van der Waals surface area (Å²) < 4.78 is 0. The molecule has 2 heterocycles. The molecule has 0 bridgehead atoms. The van der Waals surface area contributed by atoms with Gasteiger partial charge in [-0.15, -0.1) is 0 Å². The Hall–Kier alpha value is -2.04. The van der Waals surface area contributed by atoms with Crippen LogP contribution < -0.4 is 5.73 Å². The first-order valence-corrected chi connectivity index (χ1v) is 5.62. The Kier molecular flexibility index (Phi) is 3.27. The third-order valence-corrected chi connectivity index (χ3v) is 2.31. The predicted octanol–water partition coefficient (Wildman–Crippen LogP) is 1.78. The molecule has 0 aliphatic rings. The van der Waals surface area contributed by atoms with E-state index in [2.05, 4.69) is 26.9 Å². The van der Waals surface area contributed by atoms with Crippen molar-refractivity contribution in [2.24, 2.45) is 0 Å². The molecule has 0 saturated carbocycles. The summed E-state index contributed by atoms with van der Waals surface area (Å²) in [6.07, 6.45) is 3.62. The van der Waals surface area contributed by atoms with Gasteiger partial charge in [0.15, 0.2) is 5.82 Å². The summed E-state index contributed by atoms with van der Waals surface area (Å²) in [5.41, 5.74) is 7.43. The van der Waals surface area contributed by atoms with Crippen molar-refractivity contribution in [2.75, 3.05) is 5.73 Å².